The van der Waals surface area contributed by atoms with Crippen molar-refractivity contribution in [2.24, 2.45) is 0 Å². The molecule has 0 aliphatic heterocycles. The van der Waals surface area contributed by atoms with Crippen molar-refractivity contribution in [3.05, 3.63) is 65.6 Å². The monoisotopic (exact) mass is 523 g/mol. The summed E-state index contributed by atoms with van der Waals surface area (Å²) in [6.45, 7) is 3.92. The van der Waals surface area contributed by atoms with E-state index in [-0.39, 0.29) is 30.3 Å². The number of rotatable bonds is 9. The van der Waals surface area contributed by atoms with Gasteiger partial charge in [0.25, 0.3) is 5.91 Å². The number of amides is 2. The molecule has 1 aromatic carbocycles. The largest absolute Gasteiger partial charge is 0.441 e. The molecule has 0 bridgehead atoms. The number of carbonyl (C=O) groups is 2. The Morgan fingerprint density at radius 2 is 2.00 bits per heavy atom. The highest BCUT2D eigenvalue weighted by molar-refractivity contribution is 5.96. The summed E-state index contributed by atoms with van der Waals surface area (Å²) < 4.78 is 7.83. The fourth-order valence-electron chi connectivity index (χ4n) is 4.73. The maximum absolute atomic E-state index is 13.5. The molecule has 6 rings (SSSR count). The Bertz CT molecular complexity index is 1620. The number of nitriles is 1. The standard InChI is InChI=1S/C29H29N7O3/c1-17-13-19(7-11-31-17)18-3-6-21-24(14-18)39-26(33-21)15-22(27(37)32-12-10-30)34-28(38)23-16-25(29(2)8-9-29)35-36(23)20-4-5-20/h3,6-7,11,13-14,16,20,22H,4-5,8-9,12,15H2,1-2H3,(H,32,37)(H,34,38). The van der Waals surface area contributed by atoms with E-state index < -0.39 is 11.9 Å². The van der Waals surface area contributed by atoms with Crippen LogP contribution in [0, 0.1) is 18.3 Å². The minimum atomic E-state index is -0.983. The van der Waals surface area contributed by atoms with Gasteiger partial charge in [-0.05, 0) is 74.1 Å². The lowest BCUT2D eigenvalue weighted by Gasteiger charge is -2.16. The quantitative estimate of drug-likeness (QED) is 0.319. The topological polar surface area (TPSA) is 139 Å². The van der Waals surface area contributed by atoms with E-state index in [0.717, 1.165) is 48.2 Å². The van der Waals surface area contributed by atoms with Gasteiger partial charge in [-0.15, -0.1) is 0 Å². The van der Waals surface area contributed by atoms with E-state index in [1.165, 1.54) is 0 Å². The SMILES string of the molecule is Cc1cc(-c2ccc3nc(CC(NC(=O)c4cc(C5(C)CC5)nn4C4CC4)C(=O)NCC#N)oc3c2)ccn1. The van der Waals surface area contributed by atoms with E-state index in [1.54, 1.807) is 10.9 Å². The lowest BCUT2D eigenvalue weighted by atomic mass is 10.1. The van der Waals surface area contributed by atoms with Gasteiger partial charge in [0.2, 0.25) is 5.91 Å². The summed E-state index contributed by atoms with van der Waals surface area (Å²) in [6.07, 6.45) is 5.85. The number of nitrogens with zero attached hydrogens (tertiary/aromatic N) is 5. The molecule has 3 heterocycles. The third-order valence-electron chi connectivity index (χ3n) is 7.48. The highest BCUT2D eigenvalue weighted by Gasteiger charge is 2.43. The van der Waals surface area contributed by atoms with Gasteiger partial charge in [-0.3, -0.25) is 19.3 Å². The Balaban J connectivity index is 1.25. The Labute approximate surface area is 225 Å². The average Bonchev–Trinajstić information content (AvgIpc) is 3.83. The molecule has 10 nitrogen and oxygen atoms in total. The lowest BCUT2D eigenvalue weighted by Crippen LogP contribution is -2.48. The van der Waals surface area contributed by atoms with Gasteiger partial charge < -0.3 is 15.1 Å². The van der Waals surface area contributed by atoms with Crippen molar-refractivity contribution < 1.29 is 14.0 Å². The first-order valence-electron chi connectivity index (χ1n) is 13.2. The first kappa shape index (κ1) is 24.8. The maximum Gasteiger partial charge on any atom is 0.270 e. The van der Waals surface area contributed by atoms with Crippen LogP contribution in [0.1, 0.15) is 66.4 Å². The van der Waals surface area contributed by atoms with Crippen LogP contribution in [0.25, 0.3) is 22.2 Å². The predicted octanol–water partition coefficient (Wildman–Crippen LogP) is 3.76. The molecule has 198 valence electrons. The third-order valence-corrected chi connectivity index (χ3v) is 7.48. The van der Waals surface area contributed by atoms with E-state index in [2.05, 4.69) is 27.5 Å². The third kappa shape index (κ3) is 5.12. The smallest absolute Gasteiger partial charge is 0.270 e. The average molecular weight is 524 g/mol. The summed E-state index contributed by atoms with van der Waals surface area (Å²) in [4.78, 5) is 35.3. The van der Waals surface area contributed by atoms with Crippen molar-refractivity contribution in [2.45, 2.75) is 63.5 Å². The maximum atomic E-state index is 13.5. The van der Waals surface area contributed by atoms with Crippen LogP contribution in [0.3, 0.4) is 0 Å². The molecule has 10 heteroatoms. The molecule has 4 aromatic rings. The van der Waals surface area contributed by atoms with Gasteiger partial charge in [0.05, 0.1) is 24.2 Å². The van der Waals surface area contributed by atoms with Crippen LogP contribution in [-0.2, 0) is 16.6 Å². The second-order valence-corrected chi connectivity index (χ2v) is 10.7. The van der Waals surface area contributed by atoms with Crippen molar-refractivity contribution in [3.63, 3.8) is 0 Å². The highest BCUT2D eigenvalue weighted by atomic mass is 16.3. The Kier molecular flexibility index (Phi) is 6.14. The fraction of sp³-hybridized carbons (Fsp3) is 0.379. The molecule has 39 heavy (non-hydrogen) atoms. The van der Waals surface area contributed by atoms with Crippen LogP contribution < -0.4 is 10.6 Å². The molecule has 1 unspecified atom stereocenters. The molecule has 0 saturated heterocycles. The first-order chi connectivity index (χ1) is 18.8. The Morgan fingerprint density at radius 1 is 1.21 bits per heavy atom. The Morgan fingerprint density at radius 3 is 2.72 bits per heavy atom. The molecule has 2 saturated carbocycles. The van der Waals surface area contributed by atoms with Crippen molar-refractivity contribution in [1.82, 2.24) is 30.4 Å². The molecule has 2 fully saturated rings. The summed E-state index contributed by atoms with van der Waals surface area (Å²) in [5.74, 6) is -0.548. The second-order valence-electron chi connectivity index (χ2n) is 10.7. The normalized spacial score (nSPS) is 16.4. The van der Waals surface area contributed by atoms with Crippen LogP contribution in [0.4, 0.5) is 0 Å². The van der Waals surface area contributed by atoms with Crippen LogP contribution >= 0.6 is 0 Å². The Hall–Kier alpha value is -4.52. The van der Waals surface area contributed by atoms with Gasteiger partial charge in [-0.1, -0.05) is 13.0 Å². The van der Waals surface area contributed by atoms with Crippen LogP contribution in [0.5, 0.6) is 0 Å². The number of benzene rings is 1. The van der Waals surface area contributed by atoms with Crippen molar-refractivity contribution in [2.75, 3.05) is 6.54 Å². The lowest BCUT2D eigenvalue weighted by molar-refractivity contribution is -0.122. The van der Waals surface area contributed by atoms with Crippen LogP contribution in [-0.4, -0.2) is 44.1 Å². The summed E-state index contributed by atoms with van der Waals surface area (Å²) in [7, 11) is 0. The number of hydrogen-bond acceptors (Lipinski definition) is 7. The number of aromatic nitrogens is 4. The van der Waals surface area contributed by atoms with E-state index in [0.29, 0.717) is 22.7 Å². The molecule has 0 radical (unpaired) electrons. The summed E-state index contributed by atoms with van der Waals surface area (Å²) in [5.41, 5.74) is 5.50. The number of fused-ring (bicyclic) bond motifs is 1. The van der Waals surface area contributed by atoms with Crippen LogP contribution in [0.15, 0.2) is 47.0 Å². The highest BCUT2D eigenvalue weighted by Crippen LogP contribution is 2.48. The van der Waals surface area contributed by atoms with Crippen LogP contribution in [0.2, 0.25) is 0 Å². The molecule has 1 atom stereocenters. The number of nitrogens with one attached hydrogen (secondary N) is 2. The summed E-state index contributed by atoms with van der Waals surface area (Å²) in [5, 5.41) is 19.1. The minimum absolute atomic E-state index is 0.0186. The van der Waals surface area contributed by atoms with Gasteiger partial charge in [-0.2, -0.15) is 10.4 Å². The number of hydrogen-bond donors (Lipinski definition) is 2. The minimum Gasteiger partial charge on any atom is -0.441 e. The van der Waals surface area contributed by atoms with Crippen molar-refractivity contribution >= 4 is 22.9 Å². The molecule has 2 amide bonds. The predicted molar refractivity (Wildman–Crippen MR) is 143 cm³/mol. The van der Waals surface area contributed by atoms with Gasteiger partial charge in [-0.25, -0.2) is 4.98 Å². The fourth-order valence-corrected chi connectivity index (χ4v) is 4.73. The first-order valence-corrected chi connectivity index (χ1v) is 13.2. The van der Waals surface area contributed by atoms with Crippen molar-refractivity contribution in [3.8, 4) is 17.2 Å². The number of oxazole rings is 1. The summed E-state index contributed by atoms with van der Waals surface area (Å²) in [6, 6.07) is 12.6. The van der Waals surface area contributed by atoms with Crippen molar-refractivity contribution in [1.29, 1.82) is 5.26 Å². The number of pyridine rings is 1. The molecule has 0 spiro atoms. The zero-order chi connectivity index (χ0) is 27.1. The molecular formula is C29H29N7O3. The zero-order valence-electron chi connectivity index (χ0n) is 21.9. The molecule has 3 aromatic heterocycles. The molecular weight excluding hydrogens is 494 g/mol. The molecule has 2 aliphatic rings. The summed E-state index contributed by atoms with van der Waals surface area (Å²) >= 11 is 0. The zero-order valence-corrected chi connectivity index (χ0v) is 21.9. The number of carbonyl (C=O) groups excluding carboxylic acids is 2. The van der Waals surface area contributed by atoms with E-state index in [9.17, 15) is 9.59 Å². The second kappa shape index (κ2) is 9.66. The van der Waals surface area contributed by atoms with Gasteiger partial charge >= 0.3 is 0 Å². The molecule has 2 aliphatic carbocycles. The molecule has 2 N–H and O–H groups in total. The van der Waals surface area contributed by atoms with Gasteiger partial charge in [0.15, 0.2) is 11.5 Å². The number of aryl methyl sites for hydroxylation is 1. The van der Waals surface area contributed by atoms with Gasteiger partial charge in [0.1, 0.15) is 23.8 Å². The van der Waals surface area contributed by atoms with E-state index in [1.807, 2.05) is 49.4 Å². The van der Waals surface area contributed by atoms with E-state index >= 15 is 0 Å². The van der Waals surface area contributed by atoms with Gasteiger partial charge in [0, 0.05) is 17.3 Å². The van der Waals surface area contributed by atoms with E-state index in [4.69, 9.17) is 14.8 Å².